The van der Waals surface area contributed by atoms with Gasteiger partial charge in [-0.2, -0.15) is 0 Å². The Kier molecular flexibility index (Phi) is 2.71. The highest BCUT2D eigenvalue weighted by Crippen LogP contribution is 2.36. The van der Waals surface area contributed by atoms with Crippen molar-refractivity contribution >= 4 is 12.6 Å². The Morgan fingerprint density at radius 3 is 2.24 bits per heavy atom. The summed E-state index contributed by atoms with van der Waals surface area (Å²) in [5.74, 6) is 0. The Morgan fingerprint density at radius 2 is 1.71 bits per heavy atom. The van der Waals surface area contributed by atoms with E-state index in [0.717, 1.165) is 5.56 Å². The summed E-state index contributed by atoms with van der Waals surface area (Å²) in [4.78, 5) is 14.4. The van der Waals surface area contributed by atoms with Crippen molar-refractivity contribution in [1.82, 2.24) is 4.98 Å². The zero-order valence-corrected chi connectivity index (χ0v) is 11.0. The van der Waals surface area contributed by atoms with Gasteiger partial charge < -0.3 is 14.3 Å². The van der Waals surface area contributed by atoms with E-state index in [-0.39, 0.29) is 5.56 Å². The Morgan fingerprint density at radius 1 is 1.18 bits per heavy atom. The third-order valence-electron chi connectivity index (χ3n) is 3.58. The predicted molar refractivity (Wildman–Crippen MR) is 67.5 cm³/mol. The molecule has 1 aliphatic heterocycles. The molecule has 1 aromatic rings. The third kappa shape index (κ3) is 2.05. The maximum Gasteiger partial charge on any atom is 0.500 e. The molecule has 0 saturated carbocycles. The summed E-state index contributed by atoms with van der Waals surface area (Å²) < 4.78 is 11.7. The lowest BCUT2D eigenvalue weighted by Gasteiger charge is -2.32. The van der Waals surface area contributed by atoms with E-state index in [0.29, 0.717) is 5.46 Å². The average molecular weight is 235 g/mol. The molecule has 2 heterocycles. The van der Waals surface area contributed by atoms with E-state index < -0.39 is 18.3 Å². The summed E-state index contributed by atoms with van der Waals surface area (Å²) in [5.41, 5.74) is 0.508. The Balaban J connectivity index is 2.39. The highest BCUT2D eigenvalue weighted by atomic mass is 16.7. The minimum absolute atomic E-state index is 0.158. The van der Waals surface area contributed by atoms with Crippen molar-refractivity contribution in [1.29, 1.82) is 0 Å². The van der Waals surface area contributed by atoms with E-state index >= 15 is 0 Å². The zero-order chi connectivity index (χ0) is 12.8. The first-order valence-electron chi connectivity index (χ1n) is 5.78. The number of hydrogen-bond donors (Lipinski definition) is 1. The highest BCUT2D eigenvalue weighted by Gasteiger charge is 2.52. The van der Waals surface area contributed by atoms with Crippen LogP contribution < -0.4 is 11.0 Å². The lowest BCUT2D eigenvalue weighted by atomic mass is 9.79. The van der Waals surface area contributed by atoms with Gasteiger partial charge in [0, 0.05) is 11.7 Å². The molecular formula is C12H18BNO3. The van der Waals surface area contributed by atoms with Crippen molar-refractivity contribution in [3.05, 3.63) is 28.2 Å². The summed E-state index contributed by atoms with van der Waals surface area (Å²) in [6.45, 7) is 9.80. The van der Waals surface area contributed by atoms with Crippen LogP contribution in [0.5, 0.6) is 0 Å². The number of pyridine rings is 1. The molecule has 0 radical (unpaired) electrons. The summed E-state index contributed by atoms with van der Waals surface area (Å²) in [7, 11) is -0.594. The molecular weight excluding hydrogens is 217 g/mol. The normalized spacial score (nSPS) is 21.8. The van der Waals surface area contributed by atoms with Crippen LogP contribution in [0.3, 0.4) is 0 Å². The minimum atomic E-state index is -0.594. The summed E-state index contributed by atoms with van der Waals surface area (Å²) in [6.07, 6.45) is 1.68. The Labute approximate surface area is 101 Å². The summed E-state index contributed by atoms with van der Waals surface area (Å²) >= 11 is 0. The monoisotopic (exact) mass is 235 g/mol. The summed E-state index contributed by atoms with van der Waals surface area (Å²) in [6, 6.07) is 1.81. The fraction of sp³-hybridized carbons (Fsp3) is 0.583. The fourth-order valence-electron chi connectivity index (χ4n) is 1.76. The Bertz CT molecular complexity index is 477. The van der Waals surface area contributed by atoms with E-state index in [2.05, 4.69) is 4.98 Å². The molecule has 92 valence electrons. The van der Waals surface area contributed by atoms with Gasteiger partial charge in [0.15, 0.2) is 0 Å². The molecule has 1 N–H and O–H groups in total. The number of hydrogen-bond acceptors (Lipinski definition) is 3. The predicted octanol–water partition coefficient (Wildman–Crippen LogP) is 0.983. The SMILES string of the molecule is Cc1c[nH]c(=O)c(B2OC(C)(C)C(C)(C)O2)c1. The van der Waals surface area contributed by atoms with Crippen LogP contribution in [-0.4, -0.2) is 23.3 Å². The quantitative estimate of drug-likeness (QED) is 0.738. The lowest BCUT2D eigenvalue weighted by molar-refractivity contribution is 0.00578. The van der Waals surface area contributed by atoms with Crippen LogP contribution in [0.4, 0.5) is 0 Å². The zero-order valence-electron chi connectivity index (χ0n) is 11.0. The molecule has 5 heteroatoms. The molecule has 1 aromatic heterocycles. The van der Waals surface area contributed by atoms with Crippen LogP contribution in [0, 0.1) is 6.92 Å². The number of nitrogens with one attached hydrogen (secondary N) is 1. The number of H-pyrrole nitrogens is 1. The van der Waals surface area contributed by atoms with E-state index in [1.54, 1.807) is 12.3 Å². The molecule has 2 rings (SSSR count). The van der Waals surface area contributed by atoms with Crippen LogP contribution >= 0.6 is 0 Å². The number of aromatic nitrogens is 1. The second kappa shape index (κ2) is 3.72. The van der Waals surface area contributed by atoms with Gasteiger partial charge in [-0.15, -0.1) is 0 Å². The van der Waals surface area contributed by atoms with Gasteiger partial charge >= 0.3 is 7.12 Å². The van der Waals surface area contributed by atoms with Crippen LogP contribution in [0.25, 0.3) is 0 Å². The van der Waals surface area contributed by atoms with Gasteiger partial charge in [-0.25, -0.2) is 0 Å². The molecule has 0 unspecified atom stereocenters. The minimum Gasteiger partial charge on any atom is -0.399 e. The molecule has 1 fully saturated rings. The third-order valence-corrected chi connectivity index (χ3v) is 3.58. The largest absolute Gasteiger partial charge is 0.500 e. The first-order valence-corrected chi connectivity index (χ1v) is 5.78. The topological polar surface area (TPSA) is 51.3 Å². The first-order chi connectivity index (χ1) is 7.73. The van der Waals surface area contributed by atoms with Gasteiger partial charge in [0.25, 0.3) is 0 Å². The maximum atomic E-state index is 11.8. The highest BCUT2D eigenvalue weighted by molar-refractivity contribution is 6.61. The average Bonchev–Trinajstić information content (AvgIpc) is 2.40. The fourth-order valence-corrected chi connectivity index (χ4v) is 1.76. The molecule has 0 spiro atoms. The summed E-state index contributed by atoms with van der Waals surface area (Å²) in [5, 5.41) is 0. The smallest absolute Gasteiger partial charge is 0.399 e. The molecule has 4 nitrogen and oxygen atoms in total. The van der Waals surface area contributed by atoms with Gasteiger partial charge in [0.2, 0.25) is 5.56 Å². The van der Waals surface area contributed by atoms with Crippen LogP contribution in [-0.2, 0) is 9.31 Å². The molecule has 1 saturated heterocycles. The molecule has 0 atom stereocenters. The number of rotatable bonds is 1. The van der Waals surface area contributed by atoms with Crippen molar-refractivity contribution in [2.45, 2.75) is 45.8 Å². The van der Waals surface area contributed by atoms with Crippen molar-refractivity contribution in [3.63, 3.8) is 0 Å². The van der Waals surface area contributed by atoms with E-state index in [1.165, 1.54) is 0 Å². The van der Waals surface area contributed by atoms with Crippen molar-refractivity contribution in [2.75, 3.05) is 0 Å². The van der Waals surface area contributed by atoms with E-state index in [4.69, 9.17) is 9.31 Å². The second-order valence-electron chi connectivity index (χ2n) is 5.55. The van der Waals surface area contributed by atoms with Gasteiger partial charge in [0.1, 0.15) is 0 Å². The van der Waals surface area contributed by atoms with Gasteiger partial charge in [0.05, 0.1) is 11.2 Å². The first kappa shape index (κ1) is 12.4. The molecule has 1 aliphatic rings. The number of aryl methyl sites for hydroxylation is 1. The van der Waals surface area contributed by atoms with Gasteiger partial charge in [-0.05, 0) is 40.2 Å². The maximum absolute atomic E-state index is 11.8. The standard InChI is InChI=1S/C12H18BNO3/c1-8-6-9(10(15)14-7-8)13-16-11(2,3)12(4,5)17-13/h6-7H,1-5H3,(H,14,15). The van der Waals surface area contributed by atoms with Crippen LogP contribution in [0.1, 0.15) is 33.3 Å². The van der Waals surface area contributed by atoms with Crippen molar-refractivity contribution < 1.29 is 9.31 Å². The van der Waals surface area contributed by atoms with Crippen LogP contribution in [0.2, 0.25) is 0 Å². The molecule has 0 bridgehead atoms. The molecule has 0 aliphatic carbocycles. The van der Waals surface area contributed by atoms with Crippen molar-refractivity contribution in [2.24, 2.45) is 0 Å². The van der Waals surface area contributed by atoms with Gasteiger partial charge in [-0.3, -0.25) is 4.79 Å². The van der Waals surface area contributed by atoms with E-state index in [9.17, 15) is 4.79 Å². The van der Waals surface area contributed by atoms with Crippen molar-refractivity contribution in [3.8, 4) is 0 Å². The Hall–Kier alpha value is -1.07. The lowest BCUT2D eigenvalue weighted by Crippen LogP contribution is -2.44. The molecule has 0 aromatic carbocycles. The van der Waals surface area contributed by atoms with Crippen LogP contribution in [0.15, 0.2) is 17.1 Å². The molecule has 17 heavy (non-hydrogen) atoms. The number of aromatic amines is 1. The second-order valence-corrected chi connectivity index (χ2v) is 5.55. The molecule has 0 amide bonds. The van der Waals surface area contributed by atoms with Gasteiger partial charge in [-0.1, -0.05) is 6.07 Å². The van der Waals surface area contributed by atoms with E-state index in [1.807, 2.05) is 34.6 Å².